The fourth-order valence-electron chi connectivity index (χ4n) is 4.14. The highest BCUT2D eigenvalue weighted by Gasteiger charge is 2.22. The highest BCUT2D eigenvalue weighted by atomic mass is 79.9. The number of ether oxygens (including phenoxy) is 1. The summed E-state index contributed by atoms with van der Waals surface area (Å²) in [5.74, 6) is 1.57. The summed E-state index contributed by atoms with van der Waals surface area (Å²) >= 11 is 9.83. The third-order valence-corrected chi connectivity index (χ3v) is 7.27. The quantitative estimate of drug-likeness (QED) is 0.176. The summed E-state index contributed by atoms with van der Waals surface area (Å²) in [6.45, 7) is 4.42. The second-order valence-electron chi connectivity index (χ2n) is 9.16. The van der Waals surface area contributed by atoms with Gasteiger partial charge in [-0.15, -0.1) is 0 Å². The first-order valence-electron chi connectivity index (χ1n) is 12.3. The molecule has 6 heteroatoms. The van der Waals surface area contributed by atoms with Gasteiger partial charge in [0.15, 0.2) is 0 Å². The first kappa shape index (κ1) is 26.5. The number of benzene rings is 4. The number of hydrogen-bond acceptors (Lipinski definition) is 4. The van der Waals surface area contributed by atoms with Crippen molar-refractivity contribution in [2.24, 2.45) is 4.99 Å². The van der Waals surface area contributed by atoms with Crippen molar-refractivity contribution in [3.05, 3.63) is 128 Å². The predicted molar refractivity (Wildman–Crippen MR) is 161 cm³/mol. The minimum Gasteiger partial charge on any atom is -0.488 e. The SMILES string of the molecule is Cc1ccc(-c2oc(N=Cc3ccc(OCc4ccccc4Cl)c(Br)c3)c(C#N)c2-c2ccc(C)cc2)cc1. The molecule has 0 aliphatic carbocycles. The molecule has 5 aromatic rings. The number of furan rings is 1. The van der Waals surface area contributed by atoms with Gasteiger partial charge in [0.1, 0.15) is 29.7 Å². The molecule has 0 saturated heterocycles. The zero-order valence-electron chi connectivity index (χ0n) is 21.4. The molecule has 39 heavy (non-hydrogen) atoms. The number of rotatable bonds is 7. The largest absolute Gasteiger partial charge is 0.488 e. The normalized spacial score (nSPS) is 11.1. The predicted octanol–water partition coefficient (Wildman–Crippen LogP) is 9.85. The van der Waals surface area contributed by atoms with Gasteiger partial charge in [0.2, 0.25) is 5.88 Å². The Balaban J connectivity index is 1.47. The zero-order valence-corrected chi connectivity index (χ0v) is 23.8. The van der Waals surface area contributed by atoms with E-state index in [4.69, 9.17) is 20.8 Å². The molecule has 0 unspecified atom stereocenters. The molecule has 0 aliphatic heterocycles. The van der Waals surface area contributed by atoms with Crippen molar-refractivity contribution < 1.29 is 9.15 Å². The third-order valence-electron chi connectivity index (χ3n) is 6.28. The van der Waals surface area contributed by atoms with Crippen molar-refractivity contribution >= 4 is 39.6 Å². The number of aryl methyl sites for hydroxylation is 2. The smallest absolute Gasteiger partial charge is 0.238 e. The summed E-state index contributed by atoms with van der Waals surface area (Å²) in [5.41, 5.74) is 6.93. The van der Waals surface area contributed by atoms with Crippen molar-refractivity contribution in [2.45, 2.75) is 20.5 Å². The second kappa shape index (κ2) is 11.7. The maximum atomic E-state index is 10.2. The lowest BCUT2D eigenvalue weighted by atomic mass is 9.97. The number of halogens is 2. The fourth-order valence-corrected chi connectivity index (χ4v) is 4.84. The van der Waals surface area contributed by atoms with Crippen LogP contribution in [-0.2, 0) is 6.61 Å². The Hall–Kier alpha value is -4.11. The lowest BCUT2D eigenvalue weighted by molar-refractivity contribution is 0.304. The van der Waals surface area contributed by atoms with Crippen molar-refractivity contribution in [2.75, 3.05) is 0 Å². The molecule has 1 aromatic heterocycles. The Morgan fingerprint density at radius 3 is 2.23 bits per heavy atom. The van der Waals surface area contributed by atoms with Gasteiger partial charge >= 0.3 is 0 Å². The zero-order chi connectivity index (χ0) is 27.4. The Kier molecular flexibility index (Phi) is 7.97. The van der Waals surface area contributed by atoms with Crippen LogP contribution in [0.3, 0.4) is 0 Å². The van der Waals surface area contributed by atoms with E-state index in [1.807, 2.05) is 105 Å². The molecule has 5 rings (SSSR count). The van der Waals surface area contributed by atoms with Crippen LogP contribution in [0.5, 0.6) is 5.75 Å². The molecule has 0 saturated carbocycles. The van der Waals surface area contributed by atoms with Crippen molar-refractivity contribution in [1.29, 1.82) is 5.26 Å². The molecule has 4 nitrogen and oxygen atoms in total. The van der Waals surface area contributed by atoms with Gasteiger partial charge in [0, 0.05) is 27.9 Å². The standard InChI is InChI=1S/C33H24BrClN2O2/c1-21-7-12-24(13-8-21)31-27(18-36)33(39-32(31)25-14-9-22(2)10-15-25)37-19-23-11-16-30(28(34)17-23)38-20-26-5-3-4-6-29(26)35/h3-17,19H,20H2,1-2H3. The summed E-state index contributed by atoms with van der Waals surface area (Å²) in [5, 5.41) is 10.8. The van der Waals surface area contributed by atoms with Crippen LogP contribution in [0.2, 0.25) is 5.02 Å². The highest BCUT2D eigenvalue weighted by molar-refractivity contribution is 9.10. The van der Waals surface area contributed by atoms with E-state index in [0.717, 1.165) is 43.4 Å². The first-order chi connectivity index (χ1) is 18.9. The van der Waals surface area contributed by atoms with E-state index < -0.39 is 0 Å². The van der Waals surface area contributed by atoms with Crippen LogP contribution in [0.1, 0.15) is 27.8 Å². The number of hydrogen-bond donors (Lipinski definition) is 0. The van der Waals surface area contributed by atoms with Gasteiger partial charge in [-0.2, -0.15) is 5.26 Å². The molecule has 0 aliphatic rings. The van der Waals surface area contributed by atoms with E-state index in [9.17, 15) is 5.26 Å². The van der Waals surface area contributed by atoms with Crippen molar-refractivity contribution in [3.63, 3.8) is 0 Å². The topological polar surface area (TPSA) is 58.5 Å². The summed E-state index contributed by atoms with van der Waals surface area (Å²) in [6, 6.07) is 31.7. The van der Waals surface area contributed by atoms with Gasteiger partial charge < -0.3 is 9.15 Å². The maximum absolute atomic E-state index is 10.2. The maximum Gasteiger partial charge on any atom is 0.238 e. The minimum atomic E-state index is 0.263. The number of aliphatic imine (C=N–C) groups is 1. The minimum absolute atomic E-state index is 0.263. The van der Waals surface area contributed by atoms with E-state index in [1.165, 1.54) is 0 Å². The summed E-state index contributed by atoms with van der Waals surface area (Å²) in [6.07, 6.45) is 1.68. The number of nitrogens with zero attached hydrogens (tertiary/aromatic N) is 2. The molecule has 1 heterocycles. The van der Waals surface area contributed by atoms with Crippen LogP contribution in [0.4, 0.5) is 5.88 Å². The summed E-state index contributed by atoms with van der Waals surface area (Å²) in [4.78, 5) is 4.60. The van der Waals surface area contributed by atoms with E-state index in [0.29, 0.717) is 28.7 Å². The van der Waals surface area contributed by atoms with Crippen molar-refractivity contribution in [1.82, 2.24) is 0 Å². The molecule has 0 amide bonds. The van der Waals surface area contributed by atoms with Crippen LogP contribution in [0, 0.1) is 25.2 Å². The Morgan fingerprint density at radius 2 is 1.59 bits per heavy atom. The summed E-state index contributed by atoms with van der Waals surface area (Å²) < 4.78 is 13.0. The lowest BCUT2D eigenvalue weighted by Gasteiger charge is -2.10. The molecular formula is C33H24BrClN2O2. The average Bonchev–Trinajstić information content (AvgIpc) is 3.31. The van der Waals surface area contributed by atoms with Crippen LogP contribution in [0.15, 0.2) is 105 Å². The molecule has 0 N–H and O–H groups in total. The Bertz CT molecular complexity index is 1700. The number of nitriles is 1. The molecular weight excluding hydrogens is 572 g/mol. The Morgan fingerprint density at radius 1 is 0.923 bits per heavy atom. The molecule has 0 spiro atoms. The van der Waals surface area contributed by atoms with Gasteiger partial charge in [0.05, 0.1) is 4.47 Å². The van der Waals surface area contributed by atoms with Gasteiger partial charge in [-0.05, 0) is 65.2 Å². The van der Waals surface area contributed by atoms with Crippen LogP contribution >= 0.6 is 27.5 Å². The third kappa shape index (κ3) is 5.98. The molecule has 0 atom stereocenters. The van der Waals surface area contributed by atoms with E-state index >= 15 is 0 Å². The Labute approximate surface area is 241 Å². The molecule has 4 aromatic carbocycles. The van der Waals surface area contributed by atoms with Gasteiger partial charge in [0.25, 0.3) is 0 Å². The average molecular weight is 596 g/mol. The highest BCUT2D eigenvalue weighted by Crippen LogP contribution is 2.42. The van der Waals surface area contributed by atoms with Gasteiger partial charge in [-0.3, -0.25) is 0 Å². The molecule has 0 radical (unpaired) electrons. The second-order valence-corrected chi connectivity index (χ2v) is 10.4. The summed E-state index contributed by atoms with van der Waals surface area (Å²) in [7, 11) is 0. The van der Waals surface area contributed by atoms with Crippen LogP contribution in [0.25, 0.3) is 22.5 Å². The van der Waals surface area contributed by atoms with Crippen LogP contribution in [-0.4, -0.2) is 6.21 Å². The van der Waals surface area contributed by atoms with Gasteiger partial charge in [-0.1, -0.05) is 89.5 Å². The molecule has 0 fully saturated rings. The monoisotopic (exact) mass is 594 g/mol. The lowest BCUT2D eigenvalue weighted by Crippen LogP contribution is -1.97. The fraction of sp³-hybridized carbons (Fsp3) is 0.0909. The first-order valence-corrected chi connectivity index (χ1v) is 13.5. The van der Waals surface area contributed by atoms with E-state index in [-0.39, 0.29) is 5.88 Å². The molecule has 0 bridgehead atoms. The van der Waals surface area contributed by atoms with Crippen LogP contribution < -0.4 is 4.74 Å². The van der Waals surface area contributed by atoms with Gasteiger partial charge in [-0.25, -0.2) is 4.99 Å². The van der Waals surface area contributed by atoms with E-state index in [2.05, 4.69) is 27.0 Å². The van der Waals surface area contributed by atoms with E-state index in [1.54, 1.807) is 6.21 Å². The van der Waals surface area contributed by atoms with Crippen molar-refractivity contribution in [3.8, 4) is 34.3 Å². The molecule has 192 valence electrons.